The molecule has 0 atom stereocenters. The maximum atomic E-state index is 11.9. The zero-order chi connectivity index (χ0) is 16.7. The first-order valence-electron chi connectivity index (χ1n) is 7.57. The summed E-state index contributed by atoms with van der Waals surface area (Å²) < 4.78 is 5.23. The van der Waals surface area contributed by atoms with E-state index in [0.29, 0.717) is 42.5 Å². The van der Waals surface area contributed by atoms with E-state index < -0.39 is 0 Å². The number of rotatable bonds is 8. The van der Waals surface area contributed by atoms with Gasteiger partial charge < -0.3 is 14.7 Å². The van der Waals surface area contributed by atoms with Crippen LogP contribution in [0.25, 0.3) is 11.4 Å². The largest absolute Gasteiger partial charge is 0.344 e. The highest BCUT2D eigenvalue weighted by Gasteiger charge is 2.11. The second-order valence-electron chi connectivity index (χ2n) is 5.29. The monoisotopic (exact) mass is 372 g/mol. The Hall–Kier alpha value is -1.63. The minimum atomic E-state index is 0. The van der Waals surface area contributed by atoms with Crippen molar-refractivity contribution in [2.24, 2.45) is 0 Å². The molecule has 2 aromatic rings. The van der Waals surface area contributed by atoms with Crippen molar-refractivity contribution in [3.05, 3.63) is 35.2 Å². The maximum Gasteiger partial charge on any atom is 0.226 e. The van der Waals surface area contributed by atoms with E-state index >= 15 is 0 Å². The van der Waals surface area contributed by atoms with Gasteiger partial charge in [-0.25, -0.2) is 0 Å². The number of nitrogens with one attached hydrogen (secondary N) is 1. The molecule has 0 aliphatic carbocycles. The average molecular weight is 373 g/mol. The van der Waals surface area contributed by atoms with E-state index in [2.05, 4.69) is 15.5 Å². The standard InChI is InChI=1S/C16H21ClN4O2.ClH/c1-18-10-11-21(2)15(22)5-3-4-14-19-16(20-23-14)12-6-8-13(17)9-7-12;/h6-9,18H,3-5,10-11H2,1-2H3;1H. The molecule has 0 bridgehead atoms. The van der Waals surface area contributed by atoms with E-state index in [9.17, 15) is 4.79 Å². The Morgan fingerprint density at radius 2 is 2.04 bits per heavy atom. The molecule has 1 aromatic carbocycles. The average Bonchev–Trinajstić information content (AvgIpc) is 3.02. The zero-order valence-corrected chi connectivity index (χ0v) is 15.4. The molecule has 1 amide bonds. The van der Waals surface area contributed by atoms with Gasteiger partial charge in [-0.05, 0) is 37.7 Å². The minimum absolute atomic E-state index is 0. The third-order valence-electron chi connectivity index (χ3n) is 3.47. The first-order valence-corrected chi connectivity index (χ1v) is 7.95. The van der Waals surface area contributed by atoms with Crippen LogP contribution in [0.1, 0.15) is 18.7 Å². The Bertz CT molecular complexity index is 631. The van der Waals surface area contributed by atoms with Crippen LogP contribution in [0.15, 0.2) is 28.8 Å². The van der Waals surface area contributed by atoms with Gasteiger partial charge in [0.1, 0.15) is 0 Å². The van der Waals surface area contributed by atoms with Crippen molar-refractivity contribution in [2.75, 3.05) is 27.2 Å². The van der Waals surface area contributed by atoms with E-state index in [-0.39, 0.29) is 18.3 Å². The predicted octanol–water partition coefficient (Wildman–Crippen LogP) is 2.81. The van der Waals surface area contributed by atoms with Crippen molar-refractivity contribution in [3.63, 3.8) is 0 Å². The fraction of sp³-hybridized carbons (Fsp3) is 0.438. The molecular weight excluding hydrogens is 351 g/mol. The van der Waals surface area contributed by atoms with Crippen LogP contribution in [0.3, 0.4) is 0 Å². The molecular formula is C16H22Cl2N4O2. The number of aromatic nitrogens is 2. The molecule has 132 valence electrons. The molecule has 24 heavy (non-hydrogen) atoms. The van der Waals surface area contributed by atoms with Crippen molar-refractivity contribution in [1.29, 1.82) is 0 Å². The molecule has 0 aliphatic heterocycles. The molecule has 2 rings (SSSR count). The molecule has 0 aliphatic rings. The first-order chi connectivity index (χ1) is 11.1. The van der Waals surface area contributed by atoms with Crippen LogP contribution in [0, 0.1) is 0 Å². The van der Waals surface area contributed by atoms with E-state index in [0.717, 1.165) is 12.1 Å². The van der Waals surface area contributed by atoms with Crippen LogP contribution >= 0.6 is 24.0 Å². The zero-order valence-electron chi connectivity index (χ0n) is 13.8. The summed E-state index contributed by atoms with van der Waals surface area (Å²) in [6.45, 7) is 1.49. The Balaban J connectivity index is 0.00000288. The van der Waals surface area contributed by atoms with Gasteiger partial charge in [-0.3, -0.25) is 4.79 Å². The molecule has 0 spiro atoms. The minimum Gasteiger partial charge on any atom is -0.344 e. The van der Waals surface area contributed by atoms with Gasteiger partial charge in [0.05, 0.1) is 0 Å². The SMILES string of the molecule is CNCCN(C)C(=O)CCCc1nc(-c2ccc(Cl)cc2)no1.Cl. The normalized spacial score (nSPS) is 10.3. The van der Waals surface area contributed by atoms with Gasteiger partial charge >= 0.3 is 0 Å². The third kappa shape index (κ3) is 6.11. The van der Waals surface area contributed by atoms with Crippen molar-refractivity contribution in [1.82, 2.24) is 20.4 Å². The van der Waals surface area contributed by atoms with E-state index in [1.807, 2.05) is 26.2 Å². The second kappa shape index (κ2) is 10.3. The number of amides is 1. The number of halogens is 2. The van der Waals surface area contributed by atoms with E-state index in [4.69, 9.17) is 16.1 Å². The summed E-state index contributed by atoms with van der Waals surface area (Å²) in [7, 11) is 3.68. The highest BCUT2D eigenvalue weighted by molar-refractivity contribution is 6.30. The molecule has 0 unspecified atom stereocenters. The highest BCUT2D eigenvalue weighted by Crippen LogP contribution is 2.19. The highest BCUT2D eigenvalue weighted by atomic mass is 35.5. The van der Waals surface area contributed by atoms with Crippen molar-refractivity contribution >= 4 is 29.9 Å². The van der Waals surface area contributed by atoms with Gasteiger partial charge in [-0.1, -0.05) is 16.8 Å². The smallest absolute Gasteiger partial charge is 0.226 e. The maximum absolute atomic E-state index is 11.9. The Morgan fingerprint density at radius 1 is 1.33 bits per heavy atom. The molecule has 6 nitrogen and oxygen atoms in total. The summed E-state index contributed by atoms with van der Waals surface area (Å²) in [5.74, 6) is 1.20. The van der Waals surface area contributed by atoms with Crippen LogP contribution in [-0.2, 0) is 11.2 Å². The lowest BCUT2D eigenvalue weighted by atomic mass is 10.2. The Kier molecular flexibility index (Phi) is 8.74. The lowest BCUT2D eigenvalue weighted by Gasteiger charge is -2.16. The summed E-state index contributed by atoms with van der Waals surface area (Å²) in [6.07, 6.45) is 1.75. The summed E-state index contributed by atoms with van der Waals surface area (Å²) >= 11 is 5.86. The lowest BCUT2D eigenvalue weighted by Crippen LogP contribution is -2.32. The molecule has 1 aromatic heterocycles. The van der Waals surface area contributed by atoms with Gasteiger partial charge in [0.15, 0.2) is 0 Å². The quantitative estimate of drug-likeness (QED) is 0.771. The van der Waals surface area contributed by atoms with Crippen LogP contribution in [-0.4, -0.2) is 48.1 Å². The Morgan fingerprint density at radius 3 is 2.71 bits per heavy atom. The van der Waals surface area contributed by atoms with Crippen molar-refractivity contribution in [2.45, 2.75) is 19.3 Å². The number of likely N-dealkylation sites (N-methyl/N-ethyl adjacent to an activating group) is 2. The molecule has 0 saturated heterocycles. The van der Waals surface area contributed by atoms with Crippen molar-refractivity contribution < 1.29 is 9.32 Å². The van der Waals surface area contributed by atoms with Gasteiger partial charge in [0, 0.05) is 43.6 Å². The summed E-state index contributed by atoms with van der Waals surface area (Å²) in [6, 6.07) is 7.26. The molecule has 0 saturated carbocycles. The van der Waals surface area contributed by atoms with Gasteiger partial charge in [-0.15, -0.1) is 12.4 Å². The number of nitrogens with zero attached hydrogens (tertiary/aromatic N) is 3. The number of hydrogen-bond acceptors (Lipinski definition) is 5. The van der Waals surface area contributed by atoms with Crippen LogP contribution in [0.2, 0.25) is 5.02 Å². The topological polar surface area (TPSA) is 71.3 Å². The molecule has 8 heteroatoms. The third-order valence-corrected chi connectivity index (χ3v) is 3.73. The number of benzene rings is 1. The lowest BCUT2D eigenvalue weighted by molar-refractivity contribution is -0.129. The summed E-state index contributed by atoms with van der Waals surface area (Å²) in [5, 5.41) is 7.64. The van der Waals surface area contributed by atoms with Crippen LogP contribution in [0.5, 0.6) is 0 Å². The molecule has 0 radical (unpaired) electrons. The van der Waals surface area contributed by atoms with Gasteiger partial charge in [-0.2, -0.15) is 4.98 Å². The fourth-order valence-corrected chi connectivity index (χ4v) is 2.18. The van der Waals surface area contributed by atoms with Crippen LogP contribution in [0.4, 0.5) is 0 Å². The predicted molar refractivity (Wildman–Crippen MR) is 96.5 cm³/mol. The number of hydrogen-bond donors (Lipinski definition) is 1. The number of aryl methyl sites for hydroxylation is 1. The fourth-order valence-electron chi connectivity index (χ4n) is 2.06. The summed E-state index contributed by atoms with van der Waals surface area (Å²) in [4.78, 5) is 18.0. The molecule has 0 fully saturated rings. The second-order valence-corrected chi connectivity index (χ2v) is 5.73. The van der Waals surface area contributed by atoms with E-state index in [1.165, 1.54) is 0 Å². The van der Waals surface area contributed by atoms with Gasteiger partial charge in [0.2, 0.25) is 17.6 Å². The number of carbonyl (C=O) groups excluding carboxylic acids is 1. The number of carbonyl (C=O) groups is 1. The first kappa shape index (κ1) is 20.4. The molecule has 1 N–H and O–H groups in total. The van der Waals surface area contributed by atoms with Gasteiger partial charge in [0.25, 0.3) is 0 Å². The van der Waals surface area contributed by atoms with Crippen molar-refractivity contribution in [3.8, 4) is 11.4 Å². The van der Waals surface area contributed by atoms with Crippen LogP contribution < -0.4 is 5.32 Å². The van der Waals surface area contributed by atoms with E-state index in [1.54, 1.807) is 17.0 Å². The summed E-state index contributed by atoms with van der Waals surface area (Å²) in [5.41, 5.74) is 0.854. The molecule has 1 heterocycles. The Labute approximate surface area is 153 Å².